The molecule has 0 aromatic heterocycles. The van der Waals surface area contributed by atoms with Gasteiger partial charge in [0.25, 0.3) is 5.91 Å². The number of benzene rings is 2. The van der Waals surface area contributed by atoms with Crippen molar-refractivity contribution in [2.75, 3.05) is 0 Å². The van der Waals surface area contributed by atoms with Crippen LogP contribution in [0, 0.1) is 11.3 Å². The van der Waals surface area contributed by atoms with Gasteiger partial charge in [0, 0.05) is 12.0 Å². The molecule has 0 fully saturated rings. The zero-order chi connectivity index (χ0) is 17.4. The van der Waals surface area contributed by atoms with Gasteiger partial charge in [0.1, 0.15) is 12.1 Å². The van der Waals surface area contributed by atoms with Crippen LogP contribution in [0.1, 0.15) is 22.8 Å². The minimum Gasteiger partial charge on any atom is -0.340 e. The molecule has 122 valence electrons. The molecule has 0 bridgehead atoms. The maximum atomic E-state index is 12.4. The van der Waals surface area contributed by atoms with E-state index in [1.807, 2.05) is 42.5 Å². The first-order valence-corrected chi connectivity index (χ1v) is 7.70. The Kier molecular flexibility index (Phi) is 6.09. The van der Waals surface area contributed by atoms with Gasteiger partial charge >= 0.3 is 0 Å². The van der Waals surface area contributed by atoms with Crippen molar-refractivity contribution in [2.24, 2.45) is 0 Å². The van der Waals surface area contributed by atoms with Crippen molar-refractivity contribution >= 4 is 11.8 Å². The van der Waals surface area contributed by atoms with E-state index in [-0.39, 0.29) is 11.8 Å². The lowest BCUT2D eigenvalue weighted by atomic mass is 10.0. The summed E-state index contributed by atoms with van der Waals surface area (Å²) in [6.45, 7) is 1.59. The average molecular weight is 321 g/mol. The first-order chi connectivity index (χ1) is 11.6. The summed E-state index contributed by atoms with van der Waals surface area (Å²) in [5.74, 6) is -0.700. The molecule has 2 aromatic rings. The third-order valence-corrected chi connectivity index (χ3v) is 3.49. The minimum absolute atomic E-state index is 0.323. The van der Waals surface area contributed by atoms with Gasteiger partial charge in [0.2, 0.25) is 5.91 Å². The number of carbonyl (C=O) groups is 2. The largest absolute Gasteiger partial charge is 0.340 e. The van der Waals surface area contributed by atoms with Crippen molar-refractivity contribution in [3.8, 4) is 6.07 Å². The van der Waals surface area contributed by atoms with Gasteiger partial charge in [-0.05, 0) is 24.6 Å². The summed E-state index contributed by atoms with van der Waals surface area (Å²) < 4.78 is 0. The molecular weight excluding hydrogens is 302 g/mol. The number of carbonyl (C=O) groups excluding carboxylic acids is 2. The molecular formula is C19H19N3O2. The van der Waals surface area contributed by atoms with E-state index in [4.69, 9.17) is 5.26 Å². The van der Waals surface area contributed by atoms with Crippen LogP contribution in [-0.2, 0) is 11.2 Å². The number of nitrogens with zero attached hydrogens (tertiary/aromatic N) is 1. The fourth-order valence-corrected chi connectivity index (χ4v) is 2.24. The normalized spacial score (nSPS) is 12.5. The molecule has 0 saturated heterocycles. The van der Waals surface area contributed by atoms with E-state index >= 15 is 0 Å². The first-order valence-electron chi connectivity index (χ1n) is 7.70. The molecule has 2 rings (SSSR count). The lowest BCUT2D eigenvalue weighted by molar-refractivity contribution is -0.123. The Labute approximate surface area is 141 Å². The van der Waals surface area contributed by atoms with Crippen molar-refractivity contribution in [1.82, 2.24) is 10.6 Å². The Hall–Kier alpha value is -3.13. The predicted molar refractivity (Wildman–Crippen MR) is 91.1 cm³/mol. The van der Waals surface area contributed by atoms with Gasteiger partial charge in [-0.3, -0.25) is 9.59 Å². The van der Waals surface area contributed by atoms with E-state index in [0.717, 1.165) is 5.56 Å². The third-order valence-electron chi connectivity index (χ3n) is 3.49. The monoisotopic (exact) mass is 321 g/mol. The highest BCUT2D eigenvalue weighted by Gasteiger charge is 2.23. The molecule has 0 heterocycles. The van der Waals surface area contributed by atoms with Crippen molar-refractivity contribution < 1.29 is 9.59 Å². The van der Waals surface area contributed by atoms with Crippen LogP contribution in [0.25, 0.3) is 0 Å². The molecule has 2 atom stereocenters. The van der Waals surface area contributed by atoms with Gasteiger partial charge in [-0.15, -0.1) is 0 Å². The smallest absolute Gasteiger partial charge is 0.251 e. The predicted octanol–water partition coefficient (Wildman–Crippen LogP) is 2.06. The van der Waals surface area contributed by atoms with Crippen molar-refractivity contribution in [2.45, 2.75) is 25.4 Å². The lowest BCUT2D eigenvalue weighted by Gasteiger charge is -2.19. The van der Waals surface area contributed by atoms with Gasteiger partial charge in [-0.25, -0.2) is 0 Å². The summed E-state index contributed by atoms with van der Waals surface area (Å²) in [6, 6.07) is 18.7. The Morgan fingerprint density at radius 1 is 1.00 bits per heavy atom. The molecule has 5 heteroatoms. The quantitative estimate of drug-likeness (QED) is 0.854. The summed E-state index contributed by atoms with van der Waals surface area (Å²) in [4.78, 5) is 24.8. The highest BCUT2D eigenvalue weighted by molar-refractivity contribution is 5.97. The number of hydrogen-bond donors (Lipinski definition) is 2. The maximum Gasteiger partial charge on any atom is 0.251 e. The lowest BCUT2D eigenvalue weighted by Crippen LogP contribution is -2.50. The van der Waals surface area contributed by atoms with Crippen LogP contribution < -0.4 is 10.6 Å². The van der Waals surface area contributed by atoms with E-state index in [0.29, 0.717) is 12.0 Å². The van der Waals surface area contributed by atoms with E-state index in [1.165, 1.54) is 0 Å². The highest BCUT2D eigenvalue weighted by atomic mass is 16.2. The number of rotatable bonds is 6. The molecule has 0 radical (unpaired) electrons. The summed E-state index contributed by atoms with van der Waals surface area (Å²) in [6.07, 6.45) is 0.351. The summed E-state index contributed by atoms with van der Waals surface area (Å²) in [7, 11) is 0. The van der Waals surface area contributed by atoms with E-state index in [1.54, 1.807) is 31.2 Å². The zero-order valence-corrected chi connectivity index (χ0v) is 13.4. The molecule has 0 spiro atoms. The number of nitriles is 1. The summed E-state index contributed by atoms with van der Waals surface area (Å²) in [5, 5.41) is 14.2. The molecule has 0 saturated carbocycles. The molecule has 2 N–H and O–H groups in total. The zero-order valence-electron chi connectivity index (χ0n) is 13.4. The van der Waals surface area contributed by atoms with Gasteiger partial charge in [-0.2, -0.15) is 5.26 Å². The summed E-state index contributed by atoms with van der Waals surface area (Å²) >= 11 is 0. The molecule has 2 aromatic carbocycles. The maximum absolute atomic E-state index is 12.4. The van der Waals surface area contributed by atoms with Gasteiger partial charge < -0.3 is 10.6 Å². The van der Waals surface area contributed by atoms with Crippen LogP contribution >= 0.6 is 0 Å². The van der Waals surface area contributed by atoms with Crippen molar-refractivity contribution in [3.63, 3.8) is 0 Å². The fraction of sp³-hybridized carbons (Fsp3) is 0.211. The number of hydrogen-bond acceptors (Lipinski definition) is 3. The molecule has 5 nitrogen and oxygen atoms in total. The Bertz CT molecular complexity index is 723. The first kappa shape index (κ1) is 17.2. The molecule has 2 amide bonds. The topological polar surface area (TPSA) is 82.0 Å². The SMILES string of the molecule is CC(C#N)NC(=O)C(Cc1ccccc1)NC(=O)c1ccccc1. The average Bonchev–Trinajstić information content (AvgIpc) is 2.62. The Balaban J connectivity index is 2.14. The van der Waals surface area contributed by atoms with Crippen LogP contribution in [0.2, 0.25) is 0 Å². The minimum atomic E-state index is -0.754. The molecule has 0 aliphatic heterocycles. The molecule has 2 unspecified atom stereocenters. The Morgan fingerprint density at radius 2 is 1.58 bits per heavy atom. The number of amides is 2. The van der Waals surface area contributed by atoms with Crippen LogP contribution in [0.15, 0.2) is 60.7 Å². The van der Waals surface area contributed by atoms with E-state index in [2.05, 4.69) is 10.6 Å². The fourth-order valence-electron chi connectivity index (χ4n) is 2.24. The molecule has 24 heavy (non-hydrogen) atoms. The van der Waals surface area contributed by atoms with Crippen LogP contribution in [0.3, 0.4) is 0 Å². The Morgan fingerprint density at radius 3 is 2.17 bits per heavy atom. The van der Waals surface area contributed by atoms with Crippen molar-refractivity contribution in [3.05, 3.63) is 71.8 Å². The van der Waals surface area contributed by atoms with E-state index < -0.39 is 12.1 Å². The highest BCUT2D eigenvalue weighted by Crippen LogP contribution is 2.06. The van der Waals surface area contributed by atoms with Gasteiger partial charge in [0.05, 0.1) is 6.07 Å². The van der Waals surface area contributed by atoms with Gasteiger partial charge in [-0.1, -0.05) is 48.5 Å². The van der Waals surface area contributed by atoms with Gasteiger partial charge in [0.15, 0.2) is 0 Å². The third kappa shape index (κ3) is 4.96. The second kappa shape index (κ2) is 8.49. The second-order valence-corrected chi connectivity index (χ2v) is 5.44. The van der Waals surface area contributed by atoms with Crippen LogP contribution in [-0.4, -0.2) is 23.9 Å². The van der Waals surface area contributed by atoms with Crippen molar-refractivity contribution in [1.29, 1.82) is 5.26 Å². The van der Waals surface area contributed by atoms with E-state index in [9.17, 15) is 9.59 Å². The standard InChI is InChI=1S/C19H19N3O2/c1-14(13-20)21-19(24)17(12-15-8-4-2-5-9-15)22-18(23)16-10-6-3-7-11-16/h2-11,14,17H,12H2,1H3,(H,21,24)(H,22,23). The van der Waals surface area contributed by atoms with Crippen LogP contribution in [0.5, 0.6) is 0 Å². The summed E-state index contributed by atoms with van der Waals surface area (Å²) in [5.41, 5.74) is 1.41. The molecule has 0 aliphatic rings. The second-order valence-electron chi connectivity index (χ2n) is 5.44. The van der Waals surface area contributed by atoms with Crippen LogP contribution in [0.4, 0.5) is 0 Å². The molecule has 0 aliphatic carbocycles. The number of nitrogens with one attached hydrogen (secondary N) is 2.